The van der Waals surface area contributed by atoms with Crippen LogP contribution in [-0.2, 0) is 19.9 Å². The number of anilines is 1. The summed E-state index contributed by atoms with van der Waals surface area (Å²) in [4.78, 5) is 14.1. The minimum Gasteiger partial charge on any atom is -0.497 e. The SMILES string of the molecule is COC1=CC2C(C)(O)c3ccccc3N3C(=O)COC23C=C1. The molecule has 1 aliphatic carbocycles. The number of carbonyl (C=O) groups excluding carboxylic acids is 1. The molecule has 114 valence electrons. The molecular weight excluding hydrogens is 282 g/mol. The number of benzene rings is 1. The summed E-state index contributed by atoms with van der Waals surface area (Å²) in [6, 6.07) is 7.42. The van der Waals surface area contributed by atoms with Crippen molar-refractivity contribution in [3.05, 3.63) is 53.8 Å². The molecule has 1 N–H and O–H groups in total. The molecule has 2 heterocycles. The van der Waals surface area contributed by atoms with E-state index in [1.54, 1.807) is 25.0 Å². The quantitative estimate of drug-likeness (QED) is 0.857. The molecule has 3 aliphatic rings. The van der Waals surface area contributed by atoms with Crippen LogP contribution in [0.4, 0.5) is 5.69 Å². The van der Waals surface area contributed by atoms with Crippen molar-refractivity contribution in [2.45, 2.75) is 18.2 Å². The third-order valence-electron chi connectivity index (χ3n) is 4.82. The first kappa shape index (κ1) is 13.5. The zero-order valence-corrected chi connectivity index (χ0v) is 12.4. The molecule has 5 nitrogen and oxygen atoms in total. The Morgan fingerprint density at radius 1 is 1.41 bits per heavy atom. The van der Waals surface area contributed by atoms with E-state index in [0.717, 1.165) is 5.56 Å². The Bertz CT molecular complexity index is 721. The summed E-state index contributed by atoms with van der Waals surface area (Å²) in [7, 11) is 1.58. The number of ether oxygens (including phenoxy) is 2. The van der Waals surface area contributed by atoms with Gasteiger partial charge in [-0.2, -0.15) is 0 Å². The van der Waals surface area contributed by atoms with Gasteiger partial charge in [0.15, 0.2) is 5.72 Å². The largest absolute Gasteiger partial charge is 0.497 e. The van der Waals surface area contributed by atoms with Gasteiger partial charge in [0.25, 0.3) is 5.91 Å². The highest BCUT2D eigenvalue weighted by molar-refractivity contribution is 5.99. The lowest BCUT2D eigenvalue weighted by Crippen LogP contribution is -2.61. The van der Waals surface area contributed by atoms with Crippen LogP contribution in [0.3, 0.4) is 0 Å². The van der Waals surface area contributed by atoms with E-state index in [-0.39, 0.29) is 12.5 Å². The second-order valence-corrected chi connectivity index (χ2v) is 6.02. The number of aliphatic hydroxyl groups is 1. The van der Waals surface area contributed by atoms with Gasteiger partial charge < -0.3 is 14.6 Å². The Morgan fingerprint density at radius 3 is 2.95 bits per heavy atom. The molecule has 1 saturated heterocycles. The third-order valence-corrected chi connectivity index (χ3v) is 4.82. The first-order chi connectivity index (χ1) is 10.5. The maximum absolute atomic E-state index is 12.4. The predicted octanol–water partition coefficient (Wildman–Crippen LogP) is 1.68. The summed E-state index contributed by atoms with van der Waals surface area (Å²) in [5.41, 5.74) is -0.745. The van der Waals surface area contributed by atoms with Gasteiger partial charge in [0, 0.05) is 5.56 Å². The van der Waals surface area contributed by atoms with Gasteiger partial charge in [-0.15, -0.1) is 0 Å². The van der Waals surface area contributed by atoms with Gasteiger partial charge in [0.1, 0.15) is 18.0 Å². The maximum Gasteiger partial charge on any atom is 0.255 e. The van der Waals surface area contributed by atoms with Crippen LogP contribution in [0, 0.1) is 5.92 Å². The normalized spacial score (nSPS) is 35.6. The Balaban J connectivity index is 2.01. The van der Waals surface area contributed by atoms with E-state index in [9.17, 15) is 9.90 Å². The molecule has 22 heavy (non-hydrogen) atoms. The standard InChI is InChI=1S/C17H17NO4/c1-16(20)12-5-3-4-6-13(12)18-15(19)10-22-17(18)8-7-11(21-2)9-14(16)17/h3-9,14,20H,10H2,1-2H3. The number of allylic oxidation sites excluding steroid dienone is 1. The fourth-order valence-electron chi connectivity index (χ4n) is 3.79. The van der Waals surface area contributed by atoms with Crippen LogP contribution < -0.4 is 4.90 Å². The fourth-order valence-corrected chi connectivity index (χ4v) is 3.79. The number of nitrogens with zero attached hydrogens (tertiary/aromatic N) is 1. The average Bonchev–Trinajstić information content (AvgIpc) is 2.85. The van der Waals surface area contributed by atoms with Gasteiger partial charge >= 0.3 is 0 Å². The van der Waals surface area contributed by atoms with Crippen molar-refractivity contribution in [3.63, 3.8) is 0 Å². The highest BCUT2D eigenvalue weighted by atomic mass is 16.5. The summed E-state index contributed by atoms with van der Waals surface area (Å²) in [6.07, 6.45) is 5.43. The van der Waals surface area contributed by atoms with E-state index in [0.29, 0.717) is 11.4 Å². The number of hydrogen-bond acceptors (Lipinski definition) is 4. The Morgan fingerprint density at radius 2 is 2.18 bits per heavy atom. The molecular formula is C17H17NO4. The summed E-state index contributed by atoms with van der Waals surface area (Å²) in [6.45, 7) is 1.76. The van der Waals surface area contributed by atoms with Crippen molar-refractivity contribution in [2.24, 2.45) is 5.92 Å². The van der Waals surface area contributed by atoms with E-state index in [1.807, 2.05) is 36.4 Å². The van der Waals surface area contributed by atoms with E-state index >= 15 is 0 Å². The number of para-hydroxylation sites is 1. The molecule has 0 bridgehead atoms. The van der Waals surface area contributed by atoms with Crippen LogP contribution >= 0.6 is 0 Å². The third kappa shape index (κ3) is 1.47. The predicted molar refractivity (Wildman–Crippen MR) is 79.9 cm³/mol. The van der Waals surface area contributed by atoms with Gasteiger partial charge in [-0.1, -0.05) is 18.2 Å². The average molecular weight is 299 g/mol. The highest BCUT2D eigenvalue weighted by Crippen LogP contribution is 2.54. The first-order valence-corrected chi connectivity index (χ1v) is 7.24. The van der Waals surface area contributed by atoms with Crippen molar-refractivity contribution in [2.75, 3.05) is 18.6 Å². The molecule has 0 radical (unpaired) electrons. The second kappa shape index (κ2) is 4.21. The molecule has 2 aliphatic heterocycles. The van der Waals surface area contributed by atoms with Crippen molar-refractivity contribution >= 4 is 11.6 Å². The van der Waals surface area contributed by atoms with E-state index < -0.39 is 17.2 Å². The van der Waals surface area contributed by atoms with Gasteiger partial charge in [-0.25, -0.2) is 0 Å². The molecule has 3 unspecified atom stereocenters. The lowest BCUT2D eigenvalue weighted by molar-refractivity contribution is -0.117. The van der Waals surface area contributed by atoms with Crippen LogP contribution in [0.5, 0.6) is 0 Å². The summed E-state index contributed by atoms with van der Waals surface area (Å²) < 4.78 is 11.2. The summed E-state index contributed by atoms with van der Waals surface area (Å²) >= 11 is 0. The highest BCUT2D eigenvalue weighted by Gasteiger charge is 2.62. The smallest absolute Gasteiger partial charge is 0.255 e. The van der Waals surface area contributed by atoms with Crippen LogP contribution in [0.1, 0.15) is 12.5 Å². The minimum absolute atomic E-state index is 0.00140. The van der Waals surface area contributed by atoms with Crippen molar-refractivity contribution < 1.29 is 19.4 Å². The zero-order chi connectivity index (χ0) is 15.5. The Hall–Kier alpha value is -2.11. The molecule has 3 atom stereocenters. The van der Waals surface area contributed by atoms with Crippen LogP contribution in [0.15, 0.2) is 48.3 Å². The minimum atomic E-state index is -1.17. The molecule has 1 fully saturated rings. The number of hydrogen-bond donors (Lipinski definition) is 1. The van der Waals surface area contributed by atoms with Crippen LogP contribution in [-0.4, -0.2) is 30.5 Å². The van der Waals surface area contributed by atoms with Gasteiger partial charge in [-0.3, -0.25) is 9.69 Å². The number of amides is 1. The van der Waals surface area contributed by atoms with E-state index in [4.69, 9.17) is 9.47 Å². The molecule has 1 amide bonds. The van der Waals surface area contributed by atoms with Gasteiger partial charge in [0.05, 0.1) is 18.7 Å². The number of rotatable bonds is 1. The van der Waals surface area contributed by atoms with E-state index in [1.165, 1.54) is 0 Å². The first-order valence-electron chi connectivity index (χ1n) is 7.24. The molecule has 0 saturated carbocycles. The molecule has 1 spiro atoms. The van der Waals surface area contributed by atoms with Crippen LogP contribution in [0.2, 0.25) is 0 Å². The van der Waals surface area contributed by atoms with Crippen molar-refractivity contribution in [1.29, 1.82) is 0 Å². The van der Waals surface area contributed by atoms with Gasteiger partial charge in [-0.05, 0) is 31.2 Å². The lowest BCUT2D eigenvalue weighted by Gasteiger charge is -2.52. The Labute approximate surface area is 128 Å². The topological polar surface area (TPSA) is 59.0 Å². The summed E-state index contributed by atoms with van der Waals surface area (Å²) in [5, 5.41) is 11.2. The van der Waals surface area contributed by atoms with Crippen molar-refractivity contribution in [1.82, 2.24) is 0 Å². The Kier molecular flexibility index (Phi) is 2.59. The van der Waals surface area contributed by atoms with Gasteiger partial charge in [0.2, 0.25) is 0 Å². The maximum atomic E-state index is 12.4. The monoisotopic (exact) mass is 299 g/mol. The zero-order valence-electron chi connectivity index (χ0n) is 12.4. The summed E-state index contributed by atoms with van der Waals surface area (Å²) in [5.74, 6) is 0.103. The second-order valence-electron chi connectivity index (χ2n) is 6.02. The lowest BCUT2D eigenvalue weighted by atomic mass is 9.70. The molecule has 4 rings (SSSR count). The number of carbonyl (C=O) groups is 1. The van der Waals surface area contributed by atoms with Crippen LogP contribution in [0.25, 0.3) is 0 Å². The molecule has 5 heteroatoms. The number of fused-ring (bicyclic) bond motifs is 2. The molecule has 1 aromatic rings. The molecule has 0 aromatic heterocycles. The number of methoxy groups -OCH3 is 1. The molecule has 1 aromatic carbocycles. The fraction of sp³-hybridized carbons (Fsp3) is 0.353. The van der Waals surface area contributed by atoms with E-state index in [2.05, 4.69) is 0 Å². The van der Waals surface area contributed by atoms with Crippen molar-refractivity contribution in [3.8, 4) is 0 Å².